The van der Waals surface area contributed by atoms with Crippen molar-refractivity contribution in [3.63, 3.8) is 0 Å². The van der Waals surface area contributed by atoms with Crippen molar-refractivity contribution in [1.29, 1.82) is 0 Å². The predicted octanol–water partition coefficient (Wildman–Crippen LogP) is -1.31. The average molecular weight is 166 g/mol. The Labute approximate surface area is 64.8 Å². The van der Waals surface area contributed by atoms with Crippen molar-refractivity contribution < 1.29 is 19.8 Å². The molecule has 6 heteroatoms. The highest BCUT2D eigenvalue weighted by Crippen LogP contribution is 1.59. The lowest BCUT2D eigenvalue weighted by molar-refractivity contribution is -0.123. The molecule has 0 rings (SSSR count). The summed E-state index contributed by atoms with van der Waals surface area (Å²) >= 11 is 0. The van der Waals surface area contributed by atoms with E-state index in [1.54, 1.807) is 0 Å². The third-order valence-electron chi connectivity index (χ3n) is 0.372. The molecule has 0 saturated carbocycles. The second-order valence-electron chi connectivity index (χ2n) is 1.42. The second-order valence-corrected chi connectivity index (χ2v) is 1.42. The molecule has 0 heterocycles. The molecule has 0 saturated heterocycles. The molecular formula is C5H14N2O4. The minimum absolute atomic E-state index is 0.162. The number of hydrogen-bond acceptors (Lipinski definition) is 4. The van der Waals surface area contributed by atoms with Crippen LogP contribution in [0.15, 0.2) is 0 Å². The zero-order valence-electron chi connectivity index (χ0n) is 6.30. The summed E-state index contributed by atoms with van der Waals surface area (Å²) in [5.41, 5.74) is 10.2. The van der Waals surface area contributed by atoms with Crippen molar-refractivity contribution in [3.05, 3.63) is 0 Å². The summed E-state index contributed by atoms with van der Waals surface area (Å²) in [7, 11) is 0. The van der Waals surface area contributed by atoms with E-state index in [1.165, 1.54) is 0 Å². The Morgan fingerprint density at radius 2 is 1.45 bits per heavy atom. The maximum atomic E-state index is 8.36. The molecule has 0 amide bonds. The van der Waals surface area contributed by atoms with Crippen LogP contribution < -0.4 is 11.5 Å². The minimum atomic E-state index is -0.250. The van der Waals surface area contributed by atoms with Gasteiger partial charge in [0.05, 0.1) is 0 Å². The molecule has 0 radical (unpaired) electrons. The van der Waals surface area contributed by atoms with Crippen LogP contribution in [0.25, 0.3) is 0 Å². The van der Waals surface area contributed by atoms with Gasteiger partial charge in [-0.2, -0.15) is 0 Å². The van der Waals surface area contributed by atoms with E-state index in [4.69, 9.17) is 31.3 Å². The topological polar surface area (TPSA) is 127 Å². The van der Waals surface area contributed by atoms with Gasteiger partial charge in [-0.3, -0.25) is 9.59 Å². The SMILES string of the molecule is CC(N)CN.O=CO.O=CO. The molecular weight excluding hydrogens is 152 g/mol. The molecule has 0 bridgehead atoms. The van der Waals surface area contributed by atoms with Gasteiger partial charge in [0, 0.05) is 12.6 Å². The summed E-state index contributed by atoms with van der Waals surface area (Å²) in [5, 5.41) is 13.8. The normalized spacial score (nSPS) is 9.00. The standard InChI is InChI=1S/C3H10N2.2CH2O2/c1-3(5)2-4;2*2-1-3/h3H,2,4-5H2,1H3;2*1H,(H,2,3). The fraction of sp³-hybridized carbons (Fsp3) is 0.600. The number of carbonyl (C=O) groups is 2. The van der Waals surface area contributed by atoms with Gasteiger partial charge in [0.1, 0.15) is 0 Å². The van der Waals surface area contributed by atoms with Crippen LogP contribution in [-0.4, -0.2) is 35.7 Å². The largest absolute Gasteiger partial charge is 0.483 e. The third kappa shape index (κ3) is 564. The zero-order valence-corrected chi connectivity index (χ0v) is 6.30. The summed E-state index contributed by atoms with van der Waals surface area (Å²) in [5.74, 6) is 0. The molecule has 6 nitrogen and oxygen atoms in total. The van der Waals surface area contributed by atoms with Gasteiger partial charge in [0.2, 0.25) is 0 Å². The van der Waals surface area contributed by atoms with Gasteiger partial charge < -0.3 is 21.7 Å². The van der Waals surface area contributed by atoms with Crippen molar-refractivity contribution in [2.75, 3.05) is 6.54 Å². The molecule has 0 aliphatic heterocycles. The van der Waals surface area contributed by atoms with Gasteiger partial charge in [-0.25, -0.2) is 0 Å². The van der Waals surface area contributed by atoms with Gasteiger partial charge in [-0.05, 0) is 6.92 Å². The van der Waals surface area contributed by atoms with E-state index in [2.05, 4.69) is 0 Å². The Bertz CT molecular complexity index is 70.9. The van der Waals surface area contributed by atoms with Crippen molar-refractivity contribution in [3.8, 4) is 0 Å². The Balaban J connectivity index is -0.0000000933. The fourth-order valence-electron chi connectivity index (χ4n) is 0. The summed E-state index contributed by atoms with van der Waals surface area (Å²) in [6, 6.07) is 0.162. The number of hydrogen-bond donors (Lipinski definition) is 4. The molecule has 0 aliphatic rings. The molecule has 1 atom stereocenters. The van der Waals surface area contributed by atoms with Crippen molar-refractivity contribution in [1.82, 2.24) is 0 Å². The first-order valence-electron chi connectivity index (χ1n) is 2.71. The molecule has 68 valence electrons. The Morgan fingerprint density at radius 3 is 1.45 bits per heavy atom. The first-order valence-corrected chi connectivity index (χ1v) is 2.71. The molecule has 0 aromatic rings. The van der Waals surface area contributed by atoms with E-state index >= 15 is 0 Å². The summed E-state index contributed by atoms with van der Waals surface area (Å²) in [4.78, 5) is 16.7. The Hall–Kier alpha value is -1.14. The molecule has 0 aromatic heterocycles. The van der Waals surface area contributed by atoms with Crippen molar-refractivity contribution >= 4 is 12.9 Å². The highest BCUT2D eigenvalue weighted by atomic mass is 16.3. The molecule has 1 unspecified atom stereocenters. The maximum Gasteiger partial charge on any atom is 0.290 e. The molecule has 0 fully saturated rings. The van der Waals surface area contributed by atoms with Crippen LogP contribution in [-0.2, 0) is 9.59 Å². The van der Waals surface area contributed by atoms with E-state index in [0.29, 0.717) is 6.54 Å². The molecule has 11 heavy (non-hydrogen) atoms. The predicted molar refractivity (Wildman–Crippen MR) is 40.1 cm³/mol. The van der Waals surface area contributed by atoms with E-state index in [9.17, 15) is 0 Å². The first-order chi connectivity index (χ1) is 5.10. The van der Waals surface area contributed by atoms with Gasteiger partial charge in [-0.15, -0.1) is 0 Å². The van der Waals surface area contributed by atoms with Crippen molar-refractivity contribution in [2.45, 2.75) is 13.0 Å². The highest BCUT2D eigenvalue weighted by Gasteiger charge is 1.79. The third-order valence-corrected chi connectivity index (χ3v) is 0.372. The fourth-order valence-corrected chi connectivity index (χ4v) is 0. The van der Waals surface area contributed by atoms with Gasteiger partial charge >= 0.3 is 0 Å². The van der Waals surface area contributed by atoms with Crippen LogP contribution in [0.1, 0.15) is 6.92 Å². The van der Waals surface area contributed by atoms with E-state index < -0.39 is 0 Å². The summed E-state index contributed by atoms with van der Waals surface area (Å²) in [6.45, 7) is 1.96. The van der Waals surface area contributed by atoms with Crippen LogP contribution >= 0.6 is 0 Å². The molecule has 0 aliphatic carbocycles. The smallest absolute Gasteiger partial charge is 0.290 e. The number of carboxylic acid groups (broad SMARTS) is 2. The minimum Gasteiger partial charge on any atom is -0.483 e. The zero-order chi connectivity index (χ0) is 9.70. The average Bonchev–Trinajstić information content (AvgIpc) is 1.91. The quantitative estimate of drug-likeness (QED) is 0.358. The second kappa shape index (κ2) is 23.2. The van der Waals surface area contributed by atoms with Gasteiger partial charge in [-0.1, -0.05) is 0 Å². The molecule has 0 spiro atoms. The highest BCUT2D eigenvalue weighted by molar-refractivity contribution is 5.32. The maximum absolute atomic E-state index is 8.36. The van der Waals surface area contributed by atoms with Crippen LogP contribution in [0.4, 0.5) is 0 Å². The Morgan fingerprint density at radius 1 is 1.36 bits per heavy atom. The van der Waals surface area contributed by atoms with Gasteiger partial charge in [0.15, 0.2) is 0 Å². The van der Waals surface area contributed by atoms with Crippen LogP contribution in [0.5, 0.6) is 0 Å². The van der Waals surface area contributed by atoms with Gasteiger partial charge in [0.25, 0.3) is 12.9 Å². The molecule has 6 N–H and O–H groups in total. The lowest BCUT2D eigenvalue weighted by atomic mass is 10.4. The Kier molecular flexibility index (Phi) is 34.7. The molecule has 0 aromatic carbocycles. The monoisotopic (exact) mass is 166 g/mol. The van der Waals surface area contributed by atoms with E-state index in [-0.39, 0.29) is 19.0 Å². The van der Waals surface area contributed by atoms with E-state index in [1.807, 2.05) is 6.92 Å². The van der Waals surface area contributed by atoms with Crippen molar-refractivity contribution in [2.24, 2.45) is 11.5 Å². The summed E-state index contributed by atoms with van der Waals surface area (Å²) < 4.78 is 0. The number of nitrogens with two attached hydrogens (primary N) is 2. The number of rotatable bonds is 1. The van der Waals surface area contributed by atoms with E-state index in [0.717, 1.165) is 0 Å². The van der Waals surface area contributed by atoms with Crippen LogP contribution in [0, 0.1) is 0 Å². The first kappa shape index (κ1) is 16.4. The lowest BCUT2D eigenvalue weighted by Crippen LogP contribution is -2.25. The lowest BCUT2D eigenvalue weighted by Gasteiger charge is -1.92. The van der Waals surface area contributed by atoms with Crippen LogP contribution in [0.2, 0.25) is 0 Å². The summed E-state index contributed by atoms with van der Waals surface area (Å²) in [6.07, 6.45) is 0. The van der Waals surface area contributed by atoms with Crippen LogP contribution in [0.3, 0.4) is 0 Å².